The molecule has 21 heavy (non-hydrogen) atoms. The Labute approximate surface area is 127 Å². The van der Waals surface area contributed by atoms with Gasteiger partial charge in [-0.05, 0) is 11.8 Å². The van der Waals surface area contributed by atoms with Gasteiger partial charge in [0.25, 0.3) is 0 Å². The van der Waals surface area contributed by atoms with Crippen molar-refractivity contribution in [3.63, 3.8) is 0 Å². The van der Waals surface area contributed by atoms with E-state index in [4.69, 9.17) is 14.2 Å². The Bertz CT molecular complexity index is 560. The summed E-state index contributed by atoms with van der Waals surface area (Å²) >= 11 is 1.68. The van der Waals surface area contributed by atoms with Crippen LogP contribution in [-0.4, -0.2) is 44.1 Å². The van der Waals surface area contributed by atoms with E-state index in [1.165, 1.54) is 21.3 Å². The van der Waals surface area contributed by atoms with Crippen molar-refractivity contribution < 1.29 is 23.8 Å². The zero-order chi connectivity index (χ0) is 15.4. The highest BCUT2D eigenvalue weighted by atomic mass is 32.2. The molecule has 0 aromatic heterocycles. The van der Waals surface area contributed by atoms with Crippen molar-refractivity contribution in [1.82, 2.24) is 0 Å². The van der Waals surface area contributed by atoms with Crippen LogP contribution in [0.2, 0.25) is 0 Å². The van der Waals surface area contributed by atoms with Gasteiger partial charge in [0, 0.05) is 36.9 Å². The van der Waals surface area contributed by atoms with Crippen molar-refractivity contribution in [3.8, 4) is 0 Å². The number of rotatable bonds is 3. The van der Waals surface area contributed by atoms with Gasteiger partial charge in [0.2, 0.25) is 5.79 Å². The van der Waals surface area contributed by atoms with E-state index in [9.17, 15) is 9.59 Å². The van der Waals surface area contributed by atoms with Crippen molar-refractivity contribution >= 4 is 23.5 Å². The van der Waals surface area contributed by atoms with Crippen LogP contribution in [0.5, 0.6) is 0 Å². The summed E-state index contributed by atoms with van der Waals surface area (Å²) in [6, 6.07) is 0. The van der Waals surface area contributed by atoms with Crippen LogP contribution in [0.15, 0.2) is 22.6 Å². The molecule has 0 aromatic rings. The van der Waals surface area contributed by atoms with E-state index in [0.717, 1.165) is 4.91 Å². The van der Waals surface area contributed by atoms with Crippen LogP contribution < -0.4 is 0 Å². The van der Waals surface area contributed by atoms with Crippen LogP contribution in [0, 0.1) is 17.8 Å². The minimum atomic E-state index is -1.39. The minimum absolute atomic E-state index is 0.0618. The molecule has 0 radical (unpaired) electrons. The maximum atomic E-state index is 12.8. The monoisotopic (exact) mass is 310 g/mol. The number of allylic oxidation sites excluding steroid dienone is 3. The Kier molecular flexibility index (Phi) is 3.50. The summed E-state index contributed by atoms with van der Waals surface area (Å²) in [6.07, 6.45) is 3.86. The molecule has 4 unspecified atom stereocenters. The summed E-state index contributed by atoms with van der Waals surface area (Å²) in [6.45, 7) is 2.02. The third-order valence-electron chi connectivity index (χ3n) is 4.65. The molecule has 0 spiro atoms. The average molecular weight is 310 g/mol. The van der Waals surface area contributed by atoms with Crippen LogP contribution in [-0.2, 0) is 23.8 Å². The third kappa shape index (κ3) is 1.79. The van der Waals surface area contributed by atoms with Gasteiger partial charge in [-0.15, -0.1) is 11.8 Å². The van der Waals surface area contributed by atoms with Crippen LogP contribution in [0.1, 0.15) is 6.92 Å². The molecule has 4 aliphatic rings. The third-order valence-corrected chi connectivity index (χ3v) is 6.02. The molecular formula is C15H18O5S. The first-order valence-electron chi connectivity index (χ1n) is 6.80. The fourth-order valence-corrected chi connectivity index (χ4v) is 5.32. The lowest BCUT2D eigenvalue weighted by Crippen LogP contribution is -2.65. The van der Waals surface area contributed by atoms with E-state index in [2.05, 4.69) is 6.08 Å². The van der Waals surface area contributed by atoms with Crippen LogP contribution in [0.25, 0.3) is 0 Å². The van der Waals surface area contributed by atoms with E-state index in [0.29, 0.717) is 5.57 Å². The maximum Gasteiger partial charge on any atom is 0.333 e. The Morgan fingerprint density at radius 2 is 1.90 bits per heavy atom. The number of hydrogen-bond acceptors (Lipinski definition) is 6. The Morgan fingerprint density at radius 1 is 1.24 bits per heavy atom. The highest BCUT2D eigenvalue weighted by Crippen LogP contribution is 2.58. The predicted octanol–water partition coefficient (Wildman–Crippen LogP) is 1.54. The number of ketones is 1. The normalized spacial score (nSPS) is 36.1. The van der Waals surface area contributed by atoms with Crippen molar-refractivity contribution in [1.29, 1.82) is 0 Å². The number of carbonyl (C=O) groups is 2. The zero-order valence-corrected chi connectivity index (χ0v) is 13.2. The number of Topliss-reactive ketones (excluding diaryl/α,β-unsaturated/α-hetero) is 1. The molecule has 1 aliphatic heterocycles. The Hall–Kier alpha value is -1.11. The number of thioether (sulfide) groups is 1. The van der Waals surface area contributed by atoms with Gasteiger partial charge in [-0.1, -0.05) is 12.2 Å². The van der Waals surface area contributed by atoms with Crippen LogP contribution in [0.3, 0.4) is 0 Å². The standard InChI is InChI=1S/C15H18O5S/c1-7-5-8-9-6-10(14(17)18-2)11(12(8)21-7)15(19-3,20-4)13(9)16/h5-6,8-9,11-12H,1-4H3. The van der Waals surface area contributed by atoms with E-state index in [-0.39, 0.29) is 17.0 Å². The molecule has 4 atom stereocenters. The lowest BCUT2D eigenvalue weighted by atomic mass is 9.61. The molecule has 0 saturated heterocycles. The molecule has 114 valence electrons. The second-order valence-electron chi connectivity index (χ2n) is 5.49. The number of ether oxygens (including phenoxy) is 3. The average Bonchev–Trinajstić information content (AvgIpc) is 2.89. The van der Waals surface area contributed by atoms with Gasteiger partial charge in [-0.25, -0.2) is 4.79 Å². The summed E-state index contributed by atoms with van der Waals surface area (Å²) in [5.74, 6) is -2.69. The molecule has 1 fully saturated rings. The fourth-order valence-electron chi connectivity index (χ4n) is 3.79. The van der Waals surface area contributed by atoms with Gasteiger partial charge in [0.1, 0.15) is 0 Å². The Balaban J connectivity index is 2.15. The van der Waals surface area contributed by atoms with Crippen molar-refractivity contribution in [2.24, 2.45) is 17.8 Å². The smallest absolute Gasteiger partial charge is 0.333 e. The van der Waals surface area contributed by atoms with Gasteiger partial charge in [0.05, 0.1) is 13.0 Å². The topological polar surface area (TPSA) is 61.8 Å². The van der Waals surface area contributed by atoms with Crippen LogP contribution >= 0.6 is 11.8 Å². The molecule has 6 heteroatoms. The first-order chi connectivity index (χ1) is 10.00. The lowest BCUT2D eigenvalue weighted by Gasteiger charge is -2.51. The molecule has 0 amide bonds. The zero-order valence-electron chi connectivity index (χ0n) is 12.4. The molecule has 0 N–H and O–H groups in total. The van der Waals surface area contributed by atoms with Gasteiger partial charge >= 0.3 is 5.97 Å². The second-order valence-corrected chi connectivity index (χ2v) is 6.92. The van der Waals surface area contributed by atoms with E-state index < -0.39 is 23.6 Å². The number of fused-ring (bicyclic) bond motifs is 1. The van der Waals surface area contributed by atoms with Gasteiger partial charge in [0.15, 0.2) is 5.78 Å². The summed E-state index contributed by atoms with van der Waals surface area (Å²) in [5.41, 5.74) is 0.489. The molecule has 0 aromatic carbocycles. The minimum Gasteiger partial charge on any atom is -0.466 e. The lowest BCUT2D eigenvalue weighted by molar-refractivity contribution is -0.239. The van der Waals surface area contributed by atoms with E-state index >= 15 is 0 Å². The first kappa shape index (κ1) is 14.8. The van der Waals surface area contributed by atoms with Gasteiger partial charge in [-0.2, -0.15) is 0 Å². The number of hydrogen-bond donors (Lipinski definition) is 0. The summed E-state index contributed by atoms with van der Waals surface area (Å²) < 4.78 is 15.9. The van der Waals surface area contributed by atoms with E-state index in [1.807, 2.05) is 6.92 Å². The van der Waals surface area contributed by atoms with E-state index in [1.54, 1.807) is 17.8 Å². The van der Waals surface area contributed by atoms with Crippen LogP contribution in [0.4, 0.5) is 0 Å². The SMILES string of the molecule is COC(=O)C1=CC2C(=O)C(OC)(OC)C1C1SC(C)=CC21. The number of esters is 1. The quantitative estimate of drug-likeness (QED) is 0.582. The molecular weight excluding hydrogens is 292 g/mol. The molecule has 2 bridgehead atoms. The summed E-state index contributed by atoms with van der Waals surface area (Å²) in [4.78, 5) is 26.1. The van der Waals surface area contributed by atoms with Crippen molar-refractivity contribution in [3.05, 3.63) is 22.6 Å². The van der Waals surface area contributed by atoms with Gasteiger partial charge < -0.3 is 14.2 Å². The van der Waals surface area contributed by atoms with Crippen molar-refractivity contribution in [2.75, 3.05) is 21.3 Å². The molecule has 3 aliphatic carbocycles. The first-order valence-corrected chi connectivity index (χ1v) is 7.67. The molecule has 4 rings (SSSR count). The number of methoxy groups -OCH3 is 3. The maximum absolute atomic E-state index is 12.8. The van der Waals surface area contributed by atoms with Crippen molar-refractivity contribution in [2.45, 2.75) is 18.0 Å². The summed E-state index contributed by atoms with van der Waals surface area (Å²) in [7, 11) is 4.25. The summed E-state index contributed by atoms with van der Waals surface area (Å²) in [5, 5.41) is 0.0618. The highest BCUT2D eigenvalue weighted by molar-refractivity contribution is 8.03. The number of carbonyl (C=O) groups excluding carboxylic acids is 2. The molecule has 5 nitrogen and oxygen atoms in total. The highest BCUT2D eigenvalue weighted by Gasteiger charge is 2.66. The molecule has 1 saturated carbocycles. The van der Waals surface area contributed by atoms with Gasteiger partial charge in [-0.3, -0.25) is 4.79 Å². The molecule has 1 heterocycles. The Morgan fingerprint density at radius 3 is 2.48 bits per heavy atom. The predicted molar refractivity (Wildman–Crippen MR) is 77.5 cm³/mol. The second kappa shape index (κ2) is 4.97. The largest absolute Gasteiger partial charge is 0.466 e. The fraction of sp³-hybridized carbons (Fsp3) is 0.600.